The van der Waals surface area contributed by atoms with Crippen LogP contribution in [-0.2, 0) is 0 Å². The zero-order valence-corrected chi connectivity index (χ0v) is 4.65. The lowest BCUT2D eigenvalue weighted by molar-refractivity contribution is 0.812. The highest BCUT2D eigenvalue weighted by atomic mass is 13.9. The van der Waals surface area contributed by atoms with Crippen LogP contribution in [0.5, 0.6) is 0 Å². The van der Waals surface area contributed by atoms with Crippen LogP contribution >= 0.6 is 0 Å². The zero-order valence-electron chi connectivity index (χ0n) is 4.65. The lowest BCUT2D eigenvalue weighted by atomic mass is 9.41. The summed E-state index contributed by atoms with van der Waals surface area (Å²) in [5.74, 6) is 0. The van der Waals surface area contributed by atoms with Crippen LogP contribution in [0.4, 0.5) is 0 Å². The largest absolute Gasteiger partial charge is 0.130 e. The molecule has 0 aliphatic carbocycles. The van der Waals surface area contributed by atoms with E-state index in [0.29, 0.717) is 6.42 Å². The molecule has 0 fully saturated rings. The first kappa shape index (κ1) is 7.19. The average Bonchev–Trinajstić information content (AvgIpc) is 1.30. The third-order valence-electron chi connectivity index (χ3n) is 0.683. The van der Waals surface area contributed by atoms with E-state index in [1.807, 2.05) is 6.92 Å². The normalized spacial score (nSPS) is 11.6. The van der Waals surface area contributed by atoms with Crippen molar-refractivity contribution < 1.29 is 0 Å². The van der Waals surface area contributed by atoms with Gasteiger partial charge in [-0.25, -0.2) is 0 Å². The van der Waals surface area contributed by atoms with Crippen LogP contribution in [0.15, 0.2) is 0 Å². The molecule has 0 saturated carbocycles. The minimum atomic E-state index is -0.950. The zero-order chi connectivity index (χ0) is 5.91. The van der Waals surface area contributed by atoms with Gasteiger partial charge in [0.15, 0.2) is 0 Å². The summed E-state index contributed by atoms with van der Waals surface area (Å²) in [6.45, 7) is 1.99. The Morgan fingerprint density at radius 1 is 1.29 bits per heavy atom. The molecule has 0 rings (SSSR count). The van der Waals surface area contributed by atoms with Crippen molar-refractivity contribution in [2.24, 2.45) is 0 Å². The second-order valence-corrected chi connectivity index (χ2v) is 1.86. The van der Waals surface area contributed by atoms with Crippen LogP contribution in [0, 0.1) is 0 Å². The summed E-state index contributed by atoms with van der Waals surface area (Å²) < 4.78 is 0. The molecule has 0 saturated heterocycles. The molecule has 32 valence electrons. The lowest BCUT2D eigenvalue weighted by Gasteiger charge is -2.16. The van der Waals surface area contributed by atoms with E-state index in [-0.39, 0.29) is 0 Å². The van der Waals surface area contributed by atoms with Crippen molar-refractivity contribution in [3.63, 3.8) is 0 Å². The van der Waals surface area contributed by atoms with E-state index in [1.165, 1.54) is 0 Å². The van der Waals surface area contributed by atoms with E-state index >= 15 is 0 Å². The fourth-order valence-corrected chi connectivity index (χ4v) is 0.433. The minimum Gasteiger partial charge on any atom is -0.130 e. The molecule has 0 aromatic heterocycles. The molecule has 7 heavy (non-hydrogen) atoms. The quantitative estimate of drug-likeness (QED) is 0.427. The first-order valence-electron chi connectivity index (χ1n) is 2.43. The number of hydrogen-bond acceptors (Lipinski definition) is 0. The van der Waals surface area contributed by atoms with E-state index in [4.69, 9.17) is 23.5 Å². The summed E-state index contributed by atoms with van der Waals surface area (Å²) in [6, 6.07) is 0. The van der Waals surface area contributed by atoms with Crippen LogP contribution in [0.2, 0.25) is 5.11 Å². The first-order valence-corrected chi connectivity index (χ1v) is 2.43. The standard InChI is InChI=1S/C4H7B3/c1-2-3-4(5,6)7/h2-3H2,1H3. The summed E-state index contributed by atoms with van der Waals surface area (Å²) in [7, 11) is 15.6. The maximum absolute atomic E-state index is 5.20. The summed E-state index contributed by atoms with van der Waals surface area (Å²) in [4.78, 5) is 0. The fraction of sp³-hybridized carbons (Fsp3) is 1.00. The molecule has 0 amide bonds. The monoisotopic (exact) mass is 88.1 g/mol. The Balaban J connectivity index is 3.15. The molecule has 0 aromatic rings. The Bertz CT molecular complexity index is 45.4. The van der Waals surface area contributed by atoms with Crippen LogP contribution in [-0.4, -0.2) is 23.5 Å². The third kappa shape index (κ3) is 6.19. The molecule has 0 aliphatic heterocycles. The highest BCUT2D eigenvalue weighted by molar-refractivity contribution is 6.58. The second kappa shape index (κ2) is 2.49. The summed E-state index contributed by atoms with van der Waals surface area (Å²) in [5.41, 5.74) is 0. The van der Waals surface area contributed by atoms with Gasteiger partial charge < -0.3 is 0 Å². The molecule has 0 heterocycles. The van der Waals surface area contributed by atoms with Crippen molar-refractivity contribution >= 4 is 23.5 Å². The van der Waals surface area contributed by atoms with Gasteiger partial charge in [0.2, 0.25) is 0 Å². The van der Waals surface area contributed by atoms with Gasteiger partial charge in [0.1, 0.15) is 0 Å². The molecule has 0 unspecified atom stereocenters. The van der Waals surface area contributed by atoms with Gasteiger partial charge in [-0.3, -0.25) is 0 Å². The summed E-state index contributed by atoms with van der Waals surface area (Å²) in [5, 5.41) is -0.950. The Hall–Kier alpha value is 0.195. The number of rotatable bonds is 2. The molecular weight excluding hydrogens is 80.5 g/mol. The van der Waals surface area contributed by atoms with Crippen LogP contribution in [0.25, 0.3) is 0 Å². The van der Waals surface area contributed by atoms with Crippen LogP contribution < -0.4 is 0 Å². The van der Waals surface area contributed by atoms with E-state index in [1.54, 1.807) is 0 Å². The average molecular weight is 87.5 g/mol. The summed E-state index contributed by atoms with van der Waals surface area (Å²) >= 11 is 0. The smallest absolute Gasteiger partial charge is 0.0507 e. The predicted molar refractivity (Wildman–Crippen MR) is 34.9 cm³/mol. The van der Waals surface area contributed by atoms with Gasteiger partial charge in [0.25, 0.3) is 0 Å². The van der Waals surface area contributed by atoms with Crippen molar-refractivity contribution in [2.75, 3.05) is 0 Å². The fourth-order valence-electron chi connectivity index (χ4n) is 0.433. The molecule has 0 aliphatic rings. The molecule has 0 N–H and O–H groups in total. The Morgan fingerprint density at radius 3 is 1.71 bits per heavy atom. The Labute approximate surface area is 49.3 Å². The van der Waals surface area contributed by atoms with Gasteiger partial charge in [0.05, 0.1) is 23.5 Å². The summed E-state index contributed by atoms with van der Waals surface area (Å²) in [6.07, 6.45) is 1.61. The second-order valence-electron chi connectivity index (χ2n) is 1.86. The van der Waals surface area contributed by atoms with Gasteiger partial charge in [-0.1, -0.05) is 19.8 Å². The molecule has 0 nitrogen and oxygen atoms in total. The van der Waals surface area contributed by atoms with E-state index in [2.05, 4.69) is 0 Å². The van der Waals surface area contributed by atoms with Gasteiger partial charge >= 0.3 is 0 Å². The van der Waals surface area contributed by atoms with E-state index < -0.39 is 5.11 Å². The first-order chi connectivity index (χ1) is 3.06. The molecule has 0 bridgehead atoms. The highest BCUT2D eigenvalue weighted by Crippen LogP contribution is 2.15. The lowest BCUT2D eigenvalue weighted by Crippen LogP contribution is -2.11. The number of hydrogen-bond donors (Lipinski definition) is 0. The van der Waals surface area contributed by atoms with Gasteiger partial charge in [-0.15, -0.1) is 5.11 Å². The maximum Gasteiger partial charge on any atom is 0.0507 e. The van der Waals surface area contributed by atoms with Gasteiger partial charge in [0, 0.05) is 0 Å². The van der Waals surface area contributed by atoms with E-state index in [9.17, 15) is 0 Å². The van der Waals surface area contributed by atoms with Gasteiger partial charge in [-0.05, 0) is 0 Å². The van der Waals surface area contributed by atoms with Crippen molar-refractivity contribution in [1.82, 2.24) is 0 Å². The van der Waals surface area contributed by atoms with Gasteiger partial charge in [-0.2, -0.15) is 0 Å². The molecular formula is C4H7B3. The van der Waals surface area contributed by atoms with E-state index in [0.717, 1.165) is 6.42 Å². The van der Waals surface area contributed by atoms with Crippen LogP contribution in [0.1, 0.15) is 19.8 Å². The van der Waals surface area contributed by atoms with Crippen LogP contribution in [0.3, 0.4) is 0 Å². The highest BCUT2D eigenvalue weighted by Gasteiger charge is 2.05. The molecule has 3 heteroatoms. The molecule has 0 atom stereocenters. The molecule has 0 spiro atoms. The van der Waals surface area contributed by atoms with Crippen molar-refractivity contribution in [2.45, 2.75) is 24.9 Å². The Morgan fingerprint density at radius 2 is 1.71 bits per heavy atom. The Kier molecular flexibility index (Phi) is 2.56. The van der Waals surface area contributed by atoms with Crippen molar-refractivity contribution in [3.8, 4) is 0 Å². The topological polar surface area (TPSA) is 0 Å². The van der Waals surface area contributed by atoms with Crippen molar-refractivity contribution in [3.05, 3.63) is 0 Å². The predicted octanol–water partition coefficient (Wildman–Crippen LogP) is 0.366. The minimum absolute atomic E-state index is 0.674. The van der Waals surface area contributed by atoms with Crippen molar-refractivity contribution in [1.29, 1.82) is 0 Å². The molecule has 0 aromatic carbocycles. The SMILES string of the molecule is [B]C([B])([B])CCC. The molecule has 6 radical (unpaired) electrons. The maximum atomic E-state index is 5.20. The third-order valence-corrected chi connectivity index (χ3v) is 0.683.